The third-order valence-corrected chi connectivity index (χ3v) is 5.04. The zero-order valence-corrected chi connectivity index (χ0v) is 15.3. The summed E-state index contributed by atoms with van der Waals surface area (Å²) in [5.41, 5.74) is 5.96. The molecule has 0 spiro atoms. The lowest BCUT2D eigenvalue weighted by Gasteiger charge is -2.12. The van der Waals surface area contributed by atoms with Crippen LogP contribution in [0.2, 0.25) is 0 Å². The van der Waals surface area contributed by atoms with Crippen LogP contribution in [0.1, 0.15) is 5.56 Å². The number of nitrogens with zero attached hydrogens (tertiary/aromatic N) is 1. The quantitative estimate of drug-likeness (QED) is 0.286. The van der Waals surface area contributed by atoms with Crippen LogP contribution < -0.4 is 5.63 Å². The van der Waals surface area contributed by atoms with E-state index in [0.29, 0.717) is 5.58 Å². The monoisotopic (exact) mass is 363 g/mol. The molecule has 0 saturated heterocycles. The number of aromatic nitrogens is 1. The minimum Gasteiger partial charge on any atom is -0.422 e. The summed E-state index contributed by atoms with van der Waals surface area (Å²) >= 11 is 0. The van der Waals surface area contributed by atoms with Crippen molar-refractivity contribution in [3.05, 3.63) is 101 Å². The fourth-order valence-electron chi connectivity index (χ4n) is 3.70. The molecule has 3 nitrogen and oxygen atoms in total. The zero-order chi connectivity index (χ0) is 19.1. The first-order chi connectivity index (χ1) is 13.7. The van der Waals surface area contributed by atoms with Crippen molar-refractivity contribution in [2.75, 3.05) is 0 Å². The van der Waals surface area contributed by atoms with E-state index in [1.54, 1.807) is 0 Å². The molecule has 0 N–H and O–H groups in total. The van der Waals surface area contributed by atoms with Gasteiger partial charge in [0.2, 0.25) is 0 Å². The van der Waals surface area contributed by atoms with Gasteiger partial charge in [-0.15, -0.1) is 0 Å². The number of fused-ring (bicyclic) bond motifs is 3. The maximum Gasteiger partial charge on any atom is 0.336 e. The van der Waals surface area contributed by atoms with Crippen molar-refractivity contribution >= 4 is 21.9 Å². The summed E-state index contributed by atoms with van der Waals surface area (Å²) in [6.07, 6.45) is 0. The number of rotatable bonds is 2. The summed E-state index contributed by atoms with van der Waals surface area (Å²) in [5, 5.41) is 1.79. The summed E-state index contributed by atoms with van der Waals surface area (Å²) in [6.45, 7) is 1.93. The standard InChI is InChI=1S/C25H17NO2/c1-16-14-23(27)28-25-19(16)12-13-21-24(25)20(17-8-4-2-5-9-17)15-22(26-21)18-10-6-3-7-11-18/h2-15H,1H3. The van der Waals surface area contributed by atoms with Crippen LogP contribution in [0.25, 0.3) is 44.3 Å². The summed E-state index contributed by atoms with van der Waals surface area (Å²) in [5.74, 6) is 0. The second kappa shape index (κ2) is 6.46. The normalized spacial score (nSPS) is 11.2. The van der Waals surface area contributed by atoms with Crippen LogP contribution in [0.4, 0.5) is 0 Å². The second-order valence-electron chi connectivity index (χ2n) is 6.87. The second-order valence-corrected chi connectivity index (χ2v) is 6.87. The molecule has 3 heteroatoms. The average molecular weight is 363 g/mol. The highest BCUT2D eigenvalue weighted by Crippen LogP contribution is 2.36. The van der Waals surface area contributed by atoms with Gasteiger partial charge in [0.05, 0.1) is 16.6 Å². The summed E-state index contributed by atoms with van der Waals surface area (Å²) in [6, 6.07) is 27.8. The van der Waals surface area contributed by atoms with Gasteiger partial charge in [-0.3, -0.25) is 0 Å². The molecule has 0 amide bonds. The van der Waals surface area contributed by atoms with Crippen molar-refractivity contribution in [1.82, 2.24) is 4.98 Å². The van der Waals surface area contributed by atoms with Crippen LogP contribution in [0, 0.1) is 6.92 Å². The SMILES string of the molecule is Cc1cc(=O)oc2c1ccc1nc(-c3ccccc3)cc(-c3ccccc3)c12. The highest BCUT2D eigenvalue weighted by molar-refractivity contribution is 6.11. The van der Waals surface area contributed by atoms with Gasteiger partial charge in [0, 0.05) is 17.0 Å². The van der Waals surface area contributed by atoms with E-state index >= 15 is 0 Å². The Bertz CT molecular complexity index is 1370. The Morgan fingerprint density at radius 1 is 0.786 bits per heavy atom. The van der Waals surface area contributed by atoms with Crippen LogP contribution in [0.3, 0.4) is 0 Å². The number of aryl methyl sites for hydroxylation is 1. The van der Waals surface area contributed by atoms with Gasteiger partial charge in [0.15, 0.2) is 0 Å². The van der Waals surface area contributed by atoms with Gasteiger partial charge in [0.25, 0.3) is 0 Å². The molecule has 5 aromatic rings. The highest BCUT2D eigenvalue weighted by atomic mass is 16.4. The smallest absolute Gasteiger partial charge is 0.336 e. The Kier molecular flexibility index (Phi) is 3.80. The lowest BCUT2D eigenvalue weighted by molar-refractivity contribution is 0.563. The van der Waals surface area contributed by atoms with Crippen molar-refractivity contribution in [1.29, 1.82) is 0 Å². The first-order valence-corrected chi connectivity index (χ1v) is 9.20. The third kappa shape index (κ3) is 2.69. The summed E-state index contributed by atoms with van der Waals surface area (Å²) < 4.78 is 5.67. The molecule has 134 valence electrons. The van der Waals surface area contributed by atoms with Crippen molar-refractivity contribution in [3.8, 4) is 22.4 Å². The molecule has 2 aromatic heterocycles. The van der Waals surface area contributed by atoms with E-state index in [4.69, 9.17) is 9.40 Å². The van der Waals surface area contributed by atoms with Gasteiger partial charge < -0.3 is 4.42 Å². The maximum atomic E-state index is 12.1. The van der Waals surface area contributed by atoms with E-state index in [-0.39, 0.29) is 5.63 Å². The van der Waals surface area contributed by atoms with E-state index in [2.05, 4.69) is 18.2 Å². The van der Waals surface area contributed by atoms with Crippen LogP contribution in [-0.2, 0) is 0 Å². The number of hydrogen-bond donors (Lipinski definition) is 0. The summed E-state index contributed by atoms with van der Waals surface area (Å²) in [4.78, 5) is 17.0. The Balaban J connectivity index is 1.96. The first kappa shape index (κ1) is 16.5. The predicted molar refractivity (Wildman–Crippen MR) is 113 cm³/mol. The highest BCUT2D eigenvalue weighted by Gasteiger charge is 2.15. The largest absolute Gasteiger partial charge is 0.422 e. The Morgan fingerprint density at radius 2 is 1.46 bits per heavy atom. The topological polar surface area (TPSA) is 43.1 Å². The van der Waals surface area contributed by atoms with Crippen molar-refractivity contribution in [3.63, 3.8) is 0 Å². The van der Waals surface area contributed by atoms with Crippen LogP contribution in [-0.4, -0.2) is 4.98 Å². The van der Waals surface area contributed by atoms with E-state index < -0.39 is 0 Å². The third-order valence-electron chi connectivity index (χ3n) is 5.04. The van der Waals surface area contributed by atoms with Gasteiger partial charge in [-0.25, -0.2) is 9.78 Å². The van der Waals surface area contributed by atoms with E-state index in [1.807, 2.05) is 67.6 Å². The molecule has 0 fully saturated rings. The van der Waals surface area contributed by atoms with Crippen molar-refractivity contribution < 1.29 is 4.42 Å². The first-order valence-electron chi connectivity index (χ1n) is 9.20. The molecule has 0 atom stereocenters. The zero-order valence-electron chi connectivity index (χ0n) is 15.3. The molecule has 5 rings (SSSR count). The minimum absolute atomic E-state index is 0.344. The van der Waals surface area contributed by atoms with Crippen LogP contribution >= 0.6 is 0 Å². The maximum absolute atomic E-state index is 12.1. The fraction of sp³-hybridized carbons (Fsp3) is 0.0400. The van der Waals surface area contributed by atoms with Crippen molar-refractivity contribution in [2.45, 2.75) is 6.92 Å². The fourth-order valence-corrected chi connectivity index (χ4v) is 3.70. The van der Waals surface area contributed by atoms with E-state index in [9.17, 15) is 4.79 Å². The number of hydrogen-bond acceptors (Lipinski definition) is 3. The molecular weight excluding hydrogens is 346 g/mol. The molecular formula is C25H17NO2. The number of benzene rings is 3. The Hall–Kier alpha value is -3.72. The molecule has 0 aliphatic carbocycles. The van der Waals surface area contributed by atoms with Gasteiger partial charge in [-0.2, -0.15) is 0 Å². The Morgan fingerprint density at radius 3 is 2.18 bits per heavy atom. The van der Waals surface area contributed by atoms with Gasteiger partial charge >= 0.3 is 5.63 Å². The van der Waals surface area contributed by atoms with E-state index in [0.717, 1.165) is 44.2 Å². The molecule has 0 aliphatic rings. The van der Waals surface area contributed by atoms with Crippen LogP contribution in [0.15, 0.2) is 94.1 Å². The predicted octanol–water partition coefficient (Wildman–Crippen LogP) is 5.98. The molecule has 0 bridgehead atoms. The summed E-state index contributed by atoms with van der Waals surface area (Å²) in [7, 11) is 0. The lowest BCUT2D eigenvalue weighted by atomic mass is 9.96. The van der Waals surface area contributed by atoms with Gasteiger partial charge in [0.1, 0.15) is 5.58 Å². The average Bonchev–Trinajstić information content (AvgIpc) is 2.74. The molecule has 0 radical (unpaired) electrons. The van der Waals surface area contributed by atoms with Crippen LogP contribution in [0.5, 0.6) is 0 Å². The lowest BCUT2D eigenvalue weighted by Crippen LogP contribution is -1.99. The molecule has 3 aromatic carbocycles. The molecule has 0 unspecified atom stereocenters. The molecule has 2 heterocycles. The minimum atomic E-state index is -0.344. The van der Waals surface area contributed by atoms with Crippen molar-refractivity contribution in [2.24, 2.45) is 0 Å². The van der Waals surface area contributed by atoms with Gasteiger partial charge in [-0.05, 0) is 41.8 Å². The molecule has 0 saturated carbocycles. The Labute approximate surface area is 161 Å². The number of pyridine rings is 1. The van der Waals surface area contributed by atoms with E-state index in [1.165, 1.54) is 6.07 Å². The molecule has 0 aliphatic heterocycles. The molecule has 28 heavy (non-hydrogen) atoms. The van der Waals surface area contributed by atoms with Gasteiger partial charge in [-0.1, -0.05) is 60.7 Å².